The van der Waals surface area contributed by atoms with E-state index in [1.807, 2.05) is 13.2 Å². The van der Waals surface area contributed by atoms with Gasteiger partial charge in [-0.2, -0.15) is 0 Å². The predicted octanol–water partition coefficient (Wildman–Crippen LogP) is 2.43. The van der Waals surface area contributed by atoms with Gasteiger partial charge < -0.3 is 9.88 Å². The lowest BCUT2D eigenvalue weighted by molar-refractivity contribution is 0.101. The molecule has 0 fully saturated rings. The first-order valence-corrected chi connectivity index (χ1v) is 5.49. The Labute approximate surface area is 101 Å². The summed E-state index contributed by atoms with van der Waals surface area (Å²) in [6, 6.07) is 5.34. The fourth-order valence-electron chi connectivity index (χ4n) is 1.38. The van der Waals surface area contributed by atoms with Crippen LogP contribution in [0.2, 0.25) is 0 Å². The van der Waals surface area contributed by atoms with Gasteiger partial charge in [-0.15, -0.1) is 0 Å². The van der Waals surface area contributed by atoms with Gasteiger partial charge in [-0.1, -0.05) is 0 Å². The number of pyridine rings is 1. The molecule has 0 unspecified atom stereocenters. The smallest absolute Gasteiger partial charge is 0.272 e. The zero-order valence-corrected chi connectivity index (χ0v) is 10.2. The van der Waals surface area contributed by atoms with Gasteiger partial charge in [0.15, 0.2) is 0 Å². The minimum atomic E-state index is -0.152. The third-order valence-electron chi connectivity index (χ3n) is 2.12. The van der Waals surface area contributed by atoms with Gasteiger partial charge >= 0.3 is 0 Å². The fraction of sp³-hybridized carbons (Fsp3) is 0.0909. The number of rotatable bonds is 2. The highest BCUT2D eigenvalue weighted by Crippen LogP contribution is 2.15. The van der Waals surface area contributed by atoms with Gasteiger partial charge in [0.2, 0.25) is 0 Å². The molecule has 82 valence electrons. The molecule has 0 aromatic carbocycles. The zero-order chi connectivity index (χ0) is 11.5. The van der Waals surface area contributed by atoms with E-state index in [4.69, 9.17) is 0 Å². The number of hydrogen-bond donors (Lipinski definition) is 1. The molecule has 0 aliphatic heterocycles. The molecular weight excluding hydrogens is 270 g/mol. The SMILES string of the molecule is Cn1cc(Br)cc1C(=O)Nc1cccnc1. The van der Waals surface area contributed by atoms with Gasteiger partial charge in [-0.05, 0) is 34.1 Å². The van der Waals surface area contributed by atoms with Crippen molar-refractivity contribution < 1.29 is 4.79 Å². The highest BCUT2D eigenvalue weighted by atomic mass is 79.9. The monoisotopic (exact) mass is 279 g/mol. The molecule has 0 saturated carbocycles. The molecule has 0 atom stereocenters. The molecule has 4 nitrogen and oxygen atoms in total. The molecule has 2 aromatic rings. The molecule has 0 saturated heterocycles. The average molecular weight is 280 g/mol. The van der Waals surface area contributed by atoms with E-state index in [2.05, 4.69) is 26.2 Å². The quantitative estimate of drug-likeness (QED) is 0.918. The number of aryl methyl sites for hydroxylation is 1. The molecular formula is C11H10BrN3O. The second-order valence-corrected chi connectivity index (χ2v) is 4.27. The number of carbonyl (C=O) groups is 1. The minimum absolute atomic E-state index is 0.152. The first-order chi connectivity index (χ1) is 7.66. The molecule has 0 spiro atoms. The Hall–Kier alpha value is -1.62. The fourth-order valence-corrected chi connectivity index (χ4v) is 1.91. The normalized spacial score (nSPS) is 10.1. The summed E-state index contributed by atoms with van der Waals surface area (Å²) in [5.74, 6) is -0.152. The summed E-state index contributed by atoms with van der Waals surface area (Å²) < 4.78 is 2.64. The first kappa shape index (κ1) is 10.9. The van der Waals surface area contributed by atoms with Gasteiger partial charge in [-0.25, -0.2) is 0 Å². The lowest BCUT2D eigenvalue weighted by Gasteiger charge is -2.04. The summed E-state index contributed by atoms with van der Waals surface area (Å²) in [7, 11) is 1.82. The number of halogens is 1. The van der Waals surface area contributed by atoms with E-state index in [1.54, 1.807) is 35.2 Å². The predicted molar refractivity (Wildman–Crippen MR) is 65.3 cm³/mol. The van der Waals surface area contributed by atoms with Gasteiger partial charge in [0, 0.05) is 23.9 Å². The van der Waals surface area contributed by atoms with E-state index in [1.165, 1.54) is 0 Å². The lowest BCUT2D eigenvalue weighted by Crippen LogP contribution is -2.15. The maximum absolute atomic E-state index is 11.9. The maximum Gasteiger partial charge on any atom is 0.272 e. The molecule has 0 aliphatic rings. The van der Waals surface area contributed by atoms with Crippen molar-refractivity contribution in [3.8, 4) is 0 Å². The standard InChI is InChI=1S/C11H10BrN3O/c1-15-7-8(12)5-10(15)11(16)14-9-3-2-4-13-6-9/h2-7H,1H3,(H,14,16). The number of aromatic nitrogens is 2. The van der Waals surface area contributed by atoms with Crippen molar-refractivity contribution in [2.45, 2.75) is 0 Å². The van der Waals surface area contributed by atoms with Crippen molar-refractivity contribution in [3.05, 3.63) is 47.0 Å². The summed E-state index contributed by atoms with van der Waals surface area (Å²) in [5.41, 5.74) is 1.28. The van der Waals surface area contributed by atoms with E-state index in [9.17, 15) is 4.79 Å². The number of nitrogens with zero attached hydrogens (tertiary/aromatic N) is 2. The Bertz CT molecular complexity index is 507. The first-order valence-electron chi connectivity index (χ1n) is 4.70. The molecule has 0 bridgehead atoms. The number of nitrogens with one attached hydrogen (secondary N) is 1. The number of hydrogen-bond acceptors (Lipinski definition) is 2. The average Bonchev–Trinajstić information content (AvgIpc) is 2.59. The van der Waals surface area contributed by atoms with Crippen molar-refractivity contribution in [3.63, 3.8) is 0 Å². The third-order valence-corrected chi connectivity index (χ3v) is 2.56. The van der Waals surface area contributed by atoms with E-state index < -0.39 is 0 Å². The van der Waals surface area contributed by atoms with E-state index >= 15 is 0 Å². The van der Waals surface area contributed by atoms with Gasteiger partial charge in [0.1, 0.15) is 5.69 Å². The topological polar surface area (TPSA) is 46.9 Å². The van der Waals surface area contributed by atoms with Crippen LogP contribution in [0.1, 0.15) is 10.5 Å². The van der Waals surface area contributed by atoms with Crippen LogP contribution in [-0.2, 0) is 7.05 Å². The third kappa shape index (κ3) is 2.30. The molecule has 1 N–H and O–H groups in total. The van der Waals surface area contributed by atoms with Crippen molar-refractivity contribution in [2.75, 3.05) is 5.32 Å². The Balaban J connectivity index is 2.18. The highest BCUT2D eigenvalue weighted by Gasteiger charge is 2.10. The molecule has 2 aromatic heterocycles. The Morgan fingerprint density at radius 1 is 1.56 bits per heavy atom. The van der Waals surface area contributed by atoms with Crippen LogP contribution < -0.4 is 5.32 Å². The Kier molecular flexibility index (Phi) is 3.05. The van der Waals surface area contributed by atoms with E-state index in [-0.39, 0.29) is 5.91 Å². The van der Waals surface area contributed by atoms with Crippen molar-refractivity contribution >= 4 is 27.5 Å². The van der Waals surface area contributed by atoms with Crippen molar-refractivity contribution in [1.82, 2.24) is 9.55 Å². The summed E-state index contributed by atoms with van der Waals surface area (Å²) in [4.78, 5) is 15.8. The molecule has 0 radical (unpaired) electrons. The van der Waals surface area contributed by atoms with Crippen LogP contribution >= 0.6 is 15.9 Å². The van der Waals surface area contributed by atoms with Crippen LogP contribution in [0.4, 0.5) is 5.69 Å². The van der Waals surface area contributed by atoms with Crippen LogP contribution in [-0.4, -0.2) is 15.5 Å². The second kappa shape index (κ2) is 4.49. The summed E-state index contributed by atoms with van der Waals surface area (Å²) in [6.07, 6.45) is 5.10. The van der Waals surface area contributed by atoms with Crippen LogP contribution in [0.3, 0.4) is 0 Å². The summed E-state index contributed by atoms with van der Waals surface area (Å²) >= 11 is 3.32. The van der Waals surface area contributed by atoms with Gasteiger partial charge in [0.05, 0.1) is 11.9 Å². The molecule has 2 rings (SSSR count). The zero-order valence-electron chi connectivity index (χ0n) is 8.64. The molecule has 2 heterocycles. The van der Waals surface area contributed by atoms with Crippen LogP contribution in [0.25, 0.3) is 0 Å². The van der Waals surface area contributed by atoms with Crippen LogP contribution in [0.15, 0.2) is 41.3 Å². The van der Waals surface area contributed by atoms with Crippen LogP contribution in [0.5, 0.6) is 0 Å². The van der Waals surface area contributed by atoms with Crippen molar-refractivity contribution in [1.29, 1.82) is 0 Å². The Morgan fingerprint density at radius 2 is 2.38 bits per heavy atom. The molecule has 0 aliphatic carbocycles. The summed E-state index contributed by atoms with van der Waals surface area (Å²) in [5, 5.41) is 2.77. The Morgan fingerprint density at radius 3 is 2.94 bits per heavy atom. The van der Waals surface area contributed by atoms with Gasteiger partial charge in [-0.3, -0.25) is 9.78 Å². The molecule has 5 heteroatoms. The van der Waals surface area contributed by atoms with Gasteiger partial charge in [0.25, 0.3) is 5.91 Å². The lowest BCUT2D eigenvalue weighted by atomic mass is 10.3. The second-order valence-electron chi connectivity index (χ2n) is 3.35. The number of carbonyl (C=O) groups excluding carboxylic acids is 1. The summed E-state index contributed by atoms with van der Waals surface area (Å²) in [6.45, 7) is 0. The molecule has 16 heavy (non-hydrogen) atoms. The van der Waals surface area contributed by atoms with E-state index in [0.29, 0.717) is 11.4 Å². The maximum atomic E-state index is 11.9. The highest BCUT2D eigenvalue weighted by molar-refractivity contribution is 9.10. The number of anilines is 1. The number of amides is 1. The molecule has 1 amide bonds. The van der Waals surface area contributed by atoms with Crippen molar-refractivity contribution in [2.24, 2.45) is 7.05 Å². The largest absolute Gasteiger partial charge is 0.345 e. The van der Waals surface area contributed by atoms with E-state index in [0.717, 1.165) is 4.47 Å². The minimum Gasteiger partial charge on any atom is -0.345 e. The van der Waals surface area contributed by atoms with Crippen LogP contribution in [0, 0.1) is 0 Å².